The predicted octanol–water partition coefficient (Wildman–Crippen LogP) is -15.8. The van der Waals surface area contributed by atoms with E-state index in [2.05, 4.69) is 0 Å². The summed E-state index contributed by atoms with van der Waals surface area (Å²) >= 11 is 0. The van der Waals surface area contributed by atoms with Crippen LogP contribution in [-0.2, 0) is 28.4 Å². The topological polar surface area (TPSA) is 521 Å². The van der Waals surface area contributed by atoms with E-state index in [1.54, 1.807) is 0 Å². The Morgan fingerprint density at radius 2 is 0.712 bits per heavy atom. The van der Waals surface area contributed by atoms with E-state index in [-0.39, 0.29) is 0 Å². The van der Waals surface area contributed by atoms with Crippen LogP contribution < -0.4 is 0 Å². The minimum absolute atomic E-state index is 1.32. The molecule has 0 saturated carbocycles. The molecule has 29 heteroatoms. The van der Waals surface area contributed by atoms with Gasteiger partial charge in [-0.3, -0.25) is 0 Å². The monoisotopic (exact) mass is 876 g/mol. The Morgan fingerprint density at radius 1 is 0.356 bits per heavy atom. The molecule has 29 nitrogen and oxygen atoms in total. The molecule has 23 N–H and O–H groups in total. The first kappa shape index (κ1) is 48.9. The number of rotatable bonds is 11. The maximum atomic E-state index is 13.6. The van der Waals surface area contributed by atoms with E-state index in [0.717, 1.165) is 0 Å². The molecule has 5 heterocycles. The van der Waals surface area contributed by atoms with Gasteiger partial charge in [0.2, 0.25) is 23.0 Å². The van der Waals surface area contributed by atoms with Crippen molar-refractivity contribution in [3.8, 4) is 0 Å². The molecule has 1 unspecified atom stereocenters. The third kappa shape index (κ3) is 6.22. The fourth-order valence-electron chi connectivity index (χ4n) is 8.57. The van der Waals surface area contributed by atoms with Crippen molar-refractivity contribution in [2.24, 2.45) is 0 Å². The Balaban J connectivity index is 2.06. The second kappa shape index (κ2) is 16.4. The molecule has 59 heavy (non-hydrogen) atoms. The van der Waals surface area contributed by atoms with Gasteiger partial charge in [-0.1, -0.05) is 0 Å². The van der Waals surface area contributed by atoms with Crippen LogP contribution in [0, 0.1) is 0 Å². The molecule has 5 saturated heterocycles. The second-order valence-corrected chi connectivity index (χ2v) is 15.1. The Labute approximate surface area is 329 Å². The molecule has 0 radical (unpaired) electrons. The van der Waals surface area contributed by atoms with Crippen molar-refractivity contribution in [2.75, 3.05) is 39.6 Å². The Hall–Kier alpha value is -1.16. The minimum atomic E-state index is -5.48. The van der Waals surface area contributed by atoms with Crippen LogP contribution in [0.3, 0.4) is 0 Å². The van der Waals surface area contributed by atoms with Gasteiger partial charge in [0.15, 0.2) is 5.60 Å². The molecule has 0 bridgehead atoms. The van der Waals surface area contributed by atoms with Crippen molar-refractivity contribution in [3.63, 3.8) is 0 Å². The van der Waals surface area contributed by atoms with Gasteiger partial charge in [0.1, 0.15) is 110 Å². The Bertz CT molecular complexity index is 1460. The molecule has 0 aromatic rings. The zero-order chi connectivity index (χ0) is 44.8. The maximum absolute atomic E-state index is 13.6. The van der Waals surface area contributed by atoms with Gasteiger partial charge in [-0.2, -0.15) is 0 Å². The van der Waals surface area contributed by atoms with Crippen LogP contribution >= 0.6 is 0 Å². The number of aliphatic hydroxyl groups is 23. The molecule has 0 spiro atoms. The second-order valence-electron chi connectivity index (χ2n) is 15.1. The van der Waals surface area contributed by atoms with E-state index in [4.69, 9.17) is 28.4 Å². The molecular formula is C30H52O29. The molecule has 0 aliphatic carbocycles. The molecule has 0 aromatic carbocycles. The summed E-state index contributed by atoms with van der Waals surface area (Å²) in [6.45, 7) is -9.87. The molecule has 5 aliphatic heterocycles. The highest BCUT2D eigenvalue weighted by molar-refractivity contribution is 5.34. The van der Waals surface area contributed by atoms with E-state index in [1.165, 1.54) is 0 Å². The highest BCUT2D eigenvalue weighted by Crippen LogP contribution is 2.64. The molecule has 5 rings (SSSR count). The summed E-state index contributed by atoms with van der Waals surface area (Å²) in [5, 5.41) is 260. The van der Waals surface area contributed by atoms with Gasteiger partial charge in [-0.15, -0.1) is 0 Å². The lowest BCUT2D eigenvalue weighted by molar-refractivity contribution is -0.605. The van der Waals surface area contributed by atoms with Gasteiger partial charge in [-0.25, -0.2) is 0 Å². The number of ether oxygens (including phenoxy) is 6. The van der Waals surface area contributed by atoms with E-state index in [1.807, 2.05) is 0 Å². The third-order valence-electron chi connectivity index (χ3n) is 12.0. The molecular weight excluding hydrogens is 824 g/mol. The maximum Gasteiger partial charge on any atom is 0.268 e. The summed E-state index contributed by atoms with van der Waals surface area (Å²) in [5.41, 5.74) is -10.6. The van der Waals surface area contributed by atoms with E-state index >= 15 is 0 Å². The van der Waals surface area contributed by atoms with Crippen LogP contribution in [0.2, 0.25) is 0 Å². The summed E-state index contributed by atoms with van der Waals surface area (Å²) in [4.78, 5) is 0. The number of aliphatic hydroxyl groups excluding tert-OH is 18. The largest absolute Gasteiger partial charge is 0.394 e. The van der Waals surface area contributed by atoms with Crippen molar-refractivity contribution >= 4 is 0 Å². The molecule has 0 amide bonds. The lowest BCUT2D eigenvalue weighted by Crippen LogP contribution is -3.00. The molecule has 5 aliphatic rings. The fraction of sp³-hybridized carbons (Fsp3) is 1.00. The highest BCUT2D eigenvalue weighted by atomic mass is 16.9. The van der Waals surface area contributed by atoms with Crippen molar-refractivity contribution in [2.45, 2.75) is 144 Å². The van der Waals surface area contributed by atoms with Crippen LogP contribution in [0.25, 0.3) is 0 Å². The molecule has 0 aromatic heterocycles. The van der Waals surface area contributed by atoms with Gasteiger partial charge in [0.25, 0.3) is 11.6 Å². The van der Waals surface area contributed by atoms with Crippen LogP contribution in [-0.4, -0.2) is 301 Å². The fourth-order valence-corrected chi connectivity index (χ4v) is 8.57. The molecule has 24 atom stereocenters. The van der Waals surface area contributed by atoms with Gasteiger partial charge in [0, 0.05) is 0 Å². The van der Waals surface area contributed by atoms with E-state index in [0.29, 0.717) is 0 Å². The van der Waals surface area contributed by atoms with Gasteiger partial charge in [-0.05, 0) is 0 Å². The number of hydrogen-bond donors (Lipinski definition) is 23. The normalized spacial score (nSPS) is 58.5. The van der Waals surface area contributed by atoms with Crippen LogP contribution in [0.1, 0.15) is 0 Å². The summed E-state index contributed by atoms with van der Waals surface area (Å²) in [6, 6.07) is 0. The SMILES string of the molecule is OC[C@H]1O[C@@](O)([C@@]2(OC3(CO)O[C@H](CO)[C@@H](O)[C@@H]3O)O[C@H](CO)[C@@H](O)[C@](O)([C@]3(O)O[C@H](CO)[C@H](O)[C@H](O)[C@H]3O)[C@@]2(O)[C@]2(O)O[C@H](CO)[C@H](O)[C@H](O)[C@H]2O)[C@H](O)[C@@H](O)[C@H]1O. The zero-order valence-corrected chi connectivity index (χ0v) is 30.3. The average molecular weight is 877 g/mol. The summed E-state index contributed by atoms with van der Waals surface area (Å²) in [5.74, 6) is -23.2. The standard InChI is InChI=1S/C30H52O29/c31-1-7-12(37)16(41)21(46)26(50,55-7)25(49)19(44)11(5-35)58-30(28(52)23(48)18(43)14(39)9(3-33)57-28,59-24(6-36)20(45)15(40)10(4-34)54-24)29(25,53)27(51)22(47)17(42)13(38)8(2-32)56-27/h7-23,31-53H,1-6H2/t7-,8-,9-,10-,11-,12+,13+,14+,15-,16+,17+,18+,19-,20+,21-,22-,23-,24?,25+,26-,27-,28-,29-,30+/m1/s1. The Morgan fingerprint density at radius 3 is 1.10 bits per heavy atom. The van der Waals surface area contributed by atoms with Crippen LogP contribution in [0.5, 0.6) is 0 Å². The van der Waals surface area contributed by atoms with Gasteiger partial charge < -0.3 is 146 Å². The first-order chi connectivity index (χ1) is 27.3. The lowest BCUT2D eigenvalue weighted by Gasteiger charge is -2.72. The van der Waals surface area contributed by atoms with E-state index < -0.39 is 184 Å². The lowest BCUT2D eigenvalue weighted by atomic mass is 9.55. The minimum Gasteiger partial charge on any atom is -0.394 e. The third-order valence-corrected chi connectivity index (χ3v) is 12.0. The summed E-state index contributed by atoms with van der Waals surface area (Å²) in [7, 11) is 0. The quantitative estimate of drug-likeness (QED) is 0.0916. The van der Waals surface area contributed by atoms with Crippen LogP contribution in [0.15, 0.2) is 0 Å². The van der Waals surface area contributed by atoms with Crippen molar-refractivity contribution in [1.82, 2.24) is 0 Å². The van der Waals surface area contributed by atoms with Gasteiger partial charge >= 0.3 is 0 Å². The van der Waals surface area contributed by atoms with Crippen molar-refractivity contribution in [1.29, 1.82) is 0 Å². The average Bonchev–Trinajstić information content (AvgIpc) is 3.47. The summed E-state index contributed by atoms with van der Waals surface area (Å²) < 4.78 is 32.3. The molecule has 346 valence electrons. The smallest absolute Gasteiger partial charge is 0.268 e. The van der Waals surface area contributed by atoms with Crippen molar-refractivity contribution in [3.05, 3.63) is 0 Å². The summed E-state index contributed by atoms with van der Waals surface area (Å²) in [6.07, 6.45) is -48.8. The van der Waals surface area contributed by atoms with Crippen LogP contribution in [0.4, 0.5) is 0 Å². The Kier molecular flexibility index (Phi) is 13.6. The first-order valence-corrected chi connectivity index (χ1v) is 17.8. The zero-order valence-electron chi connectivity index (χ0n) is 30.3. The predicted molar refractivity (Wildman–Crippen MR) is 170 cm³/mol. The molecule has 5 fully saturated rings. The first-order valence-electron chi connectivity index (χ1n) is 17.8. The van der Waals surface area contributed by atoms with E-state index in [9.17, 15) is 117 Å². The highest BCUT2D eigenvalue weighted by Gasteiger charge is 2.95. The van der Waals surface area contributed by atoms with Crippen molar-refractivity contribution < 1.29 is 146 Å². The number of hydrogen-bond acceptors (Lipinski definition) is 29. The van der Waals surface area contributed by atoms with Gasteiger partial charge in [0.05, 0.1) is 33.0 Å².